The number of ether oxygens (including phenoxy) is 1. The van der Waals surface area contributed by atoms with Gasteiger partial charge in [0.25, 0.3) is 0 Å². The predicted molar refractivity (Wildman–Crippen MR) is 61.7 cm³/mol. The molecule has 0 amide bonds. The van der Waals surface area contributed by atoms with Crippen LogP contribution < -0.4 is 20.9 Å². The van der Waals surface area contributed by atoms with E-state index in [1.807, 2.05) is 24.3 Å². The van der Waals surface area contributed by atoms with E-state index in [4.69, 9.17) is 4.74 Å². The van der Waals surface area contributed by atoms with Crippen molar-refractivity contribution in [1.29, 1.82) is 0 Å². The van der Waals surface area contributed by atoms with Gasteiger partial charge in [-0.05, 0) is 17.7 Å². The van der Waals surface area contributed by atoms with Crippen molar-refractivity contribution < 1.29 is 4.74 Å². The first-order valence-electron chi connectivity index (χ1n) is 4.88. The van der Waals surface area contributed by atoms with E-state index < -0.39 is 10.9 Å². The number of nitrogens with one attached hydrogen (secondary N) is 1. The fraction of sp³-hybridized carbons (Fsp3) is 0.167. The molecular weight excluding hydrogens is 206 g/mol. The molecule has 2 aromatic carbocycles. The molecule has 0 saturated carbocycles. The van der Waals surface area contributed by atoms with Crippen LogP contribution >= 0.6 is 0 Å². The summed E-state index contributed by atoms with van der Waals surface area (Å²) in [5.74, 6) is 0.790. The van der Waals surface area contributed by atoms with Crippen LogP contribution in [0.2, 0.25) is 0 Å². The van der Waals surface area contributed by atoms with Crippen molar-refractivity contribution in [2.24, 2.45) is 0 Å². The molecule has 1 N–H and O–H groups in total. The first kappa shape index (κ1) is 10.4. The third-order valence-corrected chi connectivity index (χ3v) is 2.39. The van der Waals surface area contributed by atoms with Gasteiger partial charge in [0.05, 0.1) is 12.8 Å². The SMILES string of the molecule is COc1ccc(CNc2cc(=O)c2=O)cc1. The van der Waals surface area contributed by atoms with Crippen molar-refractivity contribution >= 4 is 5.69 Å². The van der Waals surface area contributed by atoms with Crippen LogP contribution in [0.4, 0.5) is 5.69 Å². The number of benzene rings is 1. The standard InChI is InChI=1S/C12H11NO3/c1-16-9-4-2-8(3-5-9)7-13-10-6-11(14)12(10)15/h2-6,13H,7H2,1H3. The van der Waals surface area contributed by atoms with Crippen LogP contribution in [0.15, 0.2) is 39.9 Å². The Hall–Kier alpha value is -2.10. The Morgan fingerprint density at radius 2 is 1.88 bits per heavy atom. The molecular formula is C12H11NO3. The van der Waals surface area contributed by atoms with Crippen molar-refractivity contribution in [2.45, 2.75) is 6.54 Å². The summed E-state index contributed by atoms with van der Waals surface area (Å²) in [6.07, 6.45) is 0. The molecule has 0 aliphatic rings. The summed E-state index contributed by atoms with van der Waals surface area (Å²) in [6.45, 7) is 0.523. The van der Waals surface area contributed by atoms with E-state index in [1.165, 1.54) is 6.07 Å². The average Bonchev–Trinajstić information content (AvgIpc) is 2.34. The van der Waals surface area contributed by atoms with Gasteiger partial charge in [-0.2, -0.15) is 0 Å². The lowest BCUT2D eigenvalue weighted by Crippen LogP contribution is -2.32. The summed E-state index contributed by atoms with van der Waals surface area (Å²) in [5, 5.41) is 2.90. The van der Waals surface area contributed by atoms with Crippen LogP contribution in [0, 0.1) is 0 Å². The molecule has 4 nitrogen and oxygen atoms in total. The van der Waals surface area contributed by atoms with Gasteiger partial charge in [0.15, 0.2) is 0 Å². The van der Waals surface area contributed by atoms with Gasteiger partial charge in [0.1, 0.15) is 5.75 Å². The molecule has 16 heavy (non-hydrogen) atoms. The molecule has 0 aromatic heterocycles. The molecule has 2 rings (SSSR count). The molecule has 0 heterocycles. The Kier molecular flexibility index (Phi) is 2.72. The normalized spacial score (nSPS) is 10.3. The summed E-state index contributed by atoms with van der Waals surface area (Å²) < 4.78 is 5.03. The van der Waals surface area contributed by atoms with E-state index >= 15 is 0 Å². The highest BCUT2D eigenvalue weighted by Gasteiger charge is 2.07. The van der Waals surface area contributed by atoms with Crippen LogP contribution in [-0.4, -0.2) is 7.11 Å². The minimum atomic E-state index is -0.437. The fourth-order valence-electron chi connectivity index (χ4n) is 1.39. The maximum absolute atomic E-state index is 11.0. The summed E-state index contributed by atoms with van der Waals surface area (Å²) in [4.78, 5) is 21.6. The van der Waals surface area contributed by atoms with E-state index in [2.05, 4.69) is 5.32 Å². The van der Waals surface area contributed by atoms with Gasteiger partial charge in [-0.25, -0.2) is 0 Å². The first-order valence-corrected chi connectivity index (χ1v) is 4.88. The molecule has 0 unspecified atom stereocenters. The molecule has 0 spiro atoms. The van der Waals surface area contributed by atoms with Crippen LogP contribution in [0.5, 0.6) is 5.75 Å². The predicted octanol–water partition coefficient (Wildman–Crippen LogP) is 0.903. The van der Waals surface area contributed by atoms with E-state index in [0.717, 1.165) is 11.3 Å². The molecule has 0 saturated heterocycles. The molecule has 0 fully saturated rings. The summed E-state index contributed by atoms with van der Waals surface area (Å²) in [5.41, 5.74) is 0.542. The number of hydrogen-bond acceptors (Lipinski definition) is 4. The zero-order valence-electron chi connectivity index (χ0n) is 8.82. The Bertz CT molecular complexity index is 550. The molecule has 0 aliphatic heterocycles. The Labute approximate surface area is 92.2 Å². The Morgan fingerprint density at radius 3 is 2.38 bits per heavy atom. The Morgan fingerprint density at radius 1 is 1.19 bits per heavy atom. The second-order valence-corrected chi connectivity index (χ2v) is 3.45. The van der Waals surface area contributed by atoms with Gasteiger partial charge in [-0.1, -0.05) is 12.1 Å². The zero-order chi connectivity index (χ0) is 11.5. The van der Waals surface area contributed by atoms with Crippen LogP contribution in [0.3, 0.4) is 0 Å². The molecule has 0 radical (unpaired) electrons. The number of hydrogen-bond donors (Lipinski definition) is 1. The largest absolute Gasteiger partial charge is 0.497 e. The molecule has 0 atom stereocenters. The second kappa shape index (κ2) is 4.18. The van der Waals surface area contributed by atoms with Gasteiger partial charge in [0, 0.05) is 12.6 Å². The lowest BCUT2D eigenvalue weighted by molar-refractivity contribution is 0.414. The van der Waals surface area contributed by atoms with Gasteiger partial charge >= 0.3 is 0 Å². The van der Waals surface area contributed by atoms with Crippen LogP contribution in [0.1, 0.15) is 5.56 Å². The second-order valence-electron chi connectivity index (χ2n) is 3.45. The lowest BCUT2D eigenvalue weighted by atomic mass is 10.2. The highest BCUT2D eigenvalue weighted by Crippen LogP contribution is 2.12. The average molecular weight is 217 g/mol. The van der Waals surface area contributed by atoms with E-state index in [1.54, 1.807) is 7.11 Å². The van der Waals surface area contributed by atoms with Crippen molar-refractivity contribution in [3.05, 3.63) is 56.3 Å². The van der Waals surface area contributed by atoms with Crippen LogP contribution in [0.25, 0.3) is 0 Å². The summed E-state index contributed by atoms with van der Waals surface area (Å²) in [6, 6.07) is 8.80. The van der Waals surface area contributed by atoms with Gasteiger partial charge in [0.2, 0.25) is 10.9 Å². The minimum absolute atomic E-state index is 0.390. The lowest BCUT2D eigenvalue weighted by Gasteiger charge is -2.07. The number of rotatable bonds is 4. The van der Waals surface area contributed by atoms with E-state index in [9.17, 15) is 9.59 Å². The van der Waals surface area contributed by atoms with Gasteiger partial charge in [-0.15, -0.1) is 0 Å². The molecule has 0 aliphatic carbocycles. The fourth-order valence-corrected chi connectivity index (χ4v) is 1.39. The van der Waals surface area contributed by atoms with Gasteiger partial charge in [-0.3, -0.25) is 9.59 Å². The highest BCUT2D eigenvalue weighted by molar-refractivity contribution is 5.47. The number of anilines is 1. The van der Waals surface area contributed by atoms with Crippen LogP contribution in [-0.2, 0) is 6.54 Å². The third kappa shape index (κ3) is 1.95. The highest BCUT2D eigenvalue weighted by atomic mass is 16.5. The molecule has 0 bridgehead atoms. The minimum Gasteiger partial charge on any atom is -0.497 e. The van der Waals surface area contributed by atoms with E-state index in [-0.39, 0.29) is 0 Å². The molecule has 82 valence electrons. The summed E-state index contributed by atoms with van der Waals surface area (Å²) in [7, 11) is 1.61. The quantitative estimate of drug-likeness (QED) is 0.773. The molecule has 4 heteroatoms. The van der Waals surface area contributed by atoms with Crippen molar-refractivity contribution in [2.75, 3.05) is 12.4 Å². The first-order chi connectivity index (χ1) is 7.70. The van der Waals surface area contributed by atoms with Crippen molar-refractivity contribution in [1.82, 2.24) is 0 Å². The summed E-state index contributed by atoms with van der Waals surface area (Å²) >= 11 is 0. The third-order valence-electron chi connectivity index (χ3n) is 2.39. The monoisotopic (exact) mass is 217 g/mol. The zero-order valence-corrected chi connectivity index (χ0v) is 8.82. The topological polar surface area (TPSA) is 55.4 Å². The van der Waals surface area contributed by atoms with E-state index in [0.29, 0.717) is 12.2 Å². The van der Waals surface area contributed by atoms with Gasteiger partial charge < -0.3 is 10.1 Å². The smallest absolute Gasteiger partial charge is 0.248 e. The number of methoxy groups -OCH3 is 1. The van der Waals surface area contributed by atoms with Crippen molar-refractivity contribution in [3.8, 4) is 5.75 Å². The Balaban J connectivity index is 1.98. The van der Waals surface area contributed by atoms with Crippen molar-refractivity contribution in [3.63, 3.8) is 0 Å². The maximum Gasteiger partial charge on any atom is 0.248 e. The molecule has 2 aromatic rings. The maximum atomic E-state index is 11.0.